The molecular weight excluding hydrogens is 312 g/mol. The first-order valence-corrected chi connectivity index (χ1v) is 9.51. The Morgan fingerprint density at radius 1 is 1.24 bits per heavy atom. The average molecular weight is 342 g/mol. The van der Waals surface area contributed by atoms with E-state index in [0.29, 0.717) is 6.54 Å². The van der Waals surface area contributed by atoms with Crippen molar-refractivity contribution in [3.05, 3.63) is 29.8 Å². The number of amides is 1. The van der Waals surface area contributed by atoms with E-state index in [4.69, 9.17) is 0 Å². The molecule has 1 heterocycles. The van der Waals surface area contributed by atoms with Gasteiger partial charge in [-0.25, -0.2) is 0 Å². The first kappa shape index (κ1) is 17.8. The van der Waals surface area contributed by atoms with Gasteiger partial charge in [0.15, 0.2) is 5.96 Å². The molecular formula is C20H30N4O. The molecule has 25 heavy (non-hydrogen) atoms. The number of guanidine groups is 1. The third-order valence-electron chi connectivity index (χ3n) is 5.42. The van der Waals surface area contributed by atoms with Gasteiger partial charge in [0.25, 0.3) is 0 Å². The van der Waals surface area contributed by atoms with E-state index in [2.05, 4.69) is 39.6 Å². The van der Waals surface area contributed by atoms with Crippen molar-refractivity contribution in [2.75, 3.05) is 25.5 Å². The average Bonchev–Trinajstić information content (AvgIpc) is 2.55. The summed E-state index contributed by atoms with van der Waals surface area (Å²) in [6.07, 6.45) is 5.68. The highest BCUT2D eigenvalue weighted by atomic mass is 16.1. The molecule has 0 atom stereocenters. The number of aliphatic imine (C=N–C) groups is 1. The lowest BCUT2D eigenvalue weighted by Gasteiger charge is -2.33. The molecule has 1 saturated heterocycles. The Morgan fingerprint density at radius 2 is 2.00 bits per heavy atom. The van der Waals surface area contributed by atoms with Gasteiger partial charge >= 0.3 is 0 Å². The van der Waals surface area contributed by atoms with Crippen LogP contribution in [0.25, 0.3) is 0 Å². The van der Waals surface area contributed by atoms with Crippen LogP contribution in [0.4, 0.5) is 5.69 Å². The molecule has 5 nitrogen and oxygen atoms in total. The van der Waals surface area contributed by atoms with Gasteiger partial charge < -0.3 is 15.5 Å². The second-order valence-corrected chi connectivity index (χ2v) is 7.39. The van der Waals surface area contributed by atoms with Crippen LogP contribution < -0.4 is 10.6 Å². The van der Waals surface area contributed by atoms with Crippen molar-refractivity contribution >= 4 is 17.6 Å². The molecule has 1 aromatic carbocycles. The Bertz CT molecular complexity index is 616. The maximum Gasteiger partial charge on any atom is 0.227 e. The lowest BCUT2D eigenvalue weighted by atomic mass is 9.85. The van der Waals surface area contributed by atoms with Crippen LogP contribution in [-0.2, 0) is 11.3 Å². The zero-order valence-electron chi connectivity index (χ0n) is 15.4. The van der Waals surface area contributed by atoms with Crippen molar-refractivity contribution < 1.29 is 4.79 Å². The molecule has 0 aromatic heterocycles. The summed E-state index contributed by atoms with van der Waals surface area (Å²) in [4.78, 5) is 18.9. The molecule has 5 heteroatoms. The van der Waals surface area contributed by atoms with Gasteiger partial charge in [0.2, 0.25) is 5.91 Å². The summed E-state index contributed by atoms with van der Waals surface area (Å²) in [5.41, 5.74) is 2.04. The second kappa shape index (κ2) is 8.37. The fourth-order valence-corrected chi connectivity index (χ4v) is 3.41. The number of hydrogen-bond donors (Lipinski definition) is 2. The van der Waals surface area contributed by atoms with Crippen LogP contribution in [0.3, 0.4) is 0 Å². The first-order chi connectivity index (χ1) is 12.2. The molecule has 1 saturated carbocycles. The van der Waals surface area contributed by atoms with Crippen molar-refractivity contribution in [1.82, 2.24) is 10.2 Å². The molecule has 0 spiro atoms. The number of nitrogens with zero attached hydrogens (tertiary/aromatic N) is 2. The van der Waals surface area contributed by atoms with Gasteiger partial charge in [0.05, 0.1) is 0 Å². The van der Waals surface area contributed by atoms with Crippen molar-refractivity contribution in [2.45, 2.75) is 45.6 Å². The lowest BCUT2D eigenvalue weighted by Crippen LogP contribution is -2.45. The number of hydrogen-bond acceptors (Lipinski definition) is 2. The molecule has 136 valence electrons. The van der Waals surface area contributed by atoms with Gasteiger partial charge in [0, 0.05) is 38.3 Å². The minimum Gasteiger partial charge on any atom is -0.352 e. The predicted molar refractivity (Wildman–Crippen MR) is 103 cm³/mol. The van der Waals surface area contributed by atoms with Crippen LogP contribution in [-0.4, -0.2) is 36.9 Å². The van der Waals surface area contributed by atoms with Gasteiger partial charge in [-0.2, -0.15) is 0 Å². The summed E-state index contributed by atoms with van der Waals surface area (Å²) in [5, 5.41) is 6.51. The predicted octanol–water partition coefficient (Wildman–Crippen LogP) is 3.23. The topological polar surface area (TPSA) is 56.7 Å². The summed E-state index contributed by atoms with van der Waals surface area (Å²) in [5.74, 6) is 2.15. The van der Waals surface area contributed by atoms with E-state index in [0.717, 1.165) is 49.1 Å². The number of benzene rings is 1. The van der Waals surface area contributed by atoms with Crippen LogP contribution in [0.1, 0.15) is 44.6 Å². The van der Waals surface area contributed by atoms with E-state index in [1.54, 1.807) is 0 Å². The van der Waals surface area contributed by atoms with E-state index < -0.39 is 0 Å². The Labute approximate surface area is 150 Å². The number of carbonyl (C=O) groups excluding carboxylic acids is 1. The zero-order chi connectivity index (χ0) is 17.6. The number of carbonyl (C=O) groups is 1. The number of piperidine rings is 1. The number of likely N-dealkylation sites (tertiary alicyclic amines) is 1. The normalized spacial score (nSPS) is 19.4. The summed E-state index contributed by atoms with van der Waals surface area (Å²) >= 11 is 0. The van der Waals surface area contributed by atoms with Crippen molar-refractivity contribution in [1.29, 1.82) is 0 Å². The largest absolute Gasteiger partial charge is 0.352 e. The monoisotopic (exact) mass is 342 g/mol. The highest BCUT2D eigenvalue weighted by Crippen LogP contribution is 2.27. The van der Waals surface area contributed by atoms with Crippen LogP contribution in [0.2, 0.25) is 0 Å². The third kappa shape index (κ3) is 4.74. The summed E-state index contributed by atoms with van der Waals surface area (Å²) in [6.45, 7) is 5.17. The van der Waals surface area contributed by atoms with Gasteiger partial charge in [0.1, 0.15) is 0 Å². The zero-order valence-corrected chi connectivity index (χ0v) is 15.4. The minimum atomic E-state index is 0.162. The molecule has 0 unspecified atom stereocenters. The fourth-order valence-electron chi connectivity index (χ4n) is 3.41. The van der Waals surface area contributed by atoms with Crippen LogP contribution in [0.15, 0.2) is 29.3 Å². The first-order valence-electron chi connectivity index (χ1n) is 9.51. The van der Waals surface area contributed by atoms with Crippen LogP contribution in [0.5, 0.6) is 0 Å². The second-order valence-electron chi connectivity index (χ2n) is 7.39. The van der Waals surface area contributed by atoms with E-state index in [1.165, 1.54) is 19.3 Å². The highest BCUT2D eigenvalue weighted by Gasteiger charge is 2.25. The van der Waals surface area contributed by atoms with Gasteiger partial charge in [-0.3, -0.25) is 9.79 Å². The highest BCUT2D eigenvalue weighted by molar-refractivity contribution is 5.93. The summed E-state index contributed by atoms with van der Waals surface area (Å²) in [7, 11) is 1.84. The van der Waals surface area contributed by atoms with Crippen molar-refractivity contribution in [3.8, 4) is 0 Å². The molecule has 1 aliphatic heterocycles. The smallest absolute Gasteiger partial charge is 0.227 e. The molecule has 1 aromatic rings. The molecule has 1 amide bonds. The fraction of sp³-hybridized carbons (Fsp3) is 0.600. The molecule has 0 radical (unpaired) electrons. The quantitative estimate of drug-likeness (QED) is 0.652. The standard InChI is InChI=1S/C20H30N4O/c1-15-9-11-24(12-10-15)20(21-2)22-14-16-5-3-8-18(13-16)23-19(25)17-6-4-7-17/h3,5,8,13,15,17H,4,6-7,9-12,14H2,1-2H3,(H,21,22)(H,23,25). The number of anilines is 1. The number of rotatable bonds is 4. The van der Waals surface area contributed by atoms with Crippen LogP contribution in [0, 0.1) is 11.8 Å². The summed E-state index contributed by atoms with van der Waals surface area (Å²) in [6, 6.07) is 8.09. The van der Waals surface area contributed by atoms with E-state index in [-0.39, 0.29) is 11.8 Å². The lowest BCUT2D eigenvalue weighted by molar-refractivity contribution is -0.122. The number of nitrogens with one attached hydrogen (secondary N) is 2. The van der Waals surface area contributed by atoms with Crippen molar-refractivity contribution in [2.24, 2.45) is 16.8 Å². The Balaban J connectivity index is 1.53. The minimum absolute atomic E-state index is 0.162. The maximum absolute atomic E-state index is 12.1. The van der Waals surface area contributed by atoms with E-state index in [9.17, 15) is 4.79 Å². The van der Waals surface area contributed by atoms with Gasteiger partial charge in [-0.1, -0.05) is 25.5 Å². The third-order valence-corrected chi connectivity index (χ3v) is 5.42. The summed E-state index contributed by atoms with van der Waals surface area (Å²) < 4.78 is 0. The molecule has 2 aliphatic rings. The Hall–Kier alpha value is -2.04. The van der Waals surface area contributed by atoms with Gasteiger partial charge in [-0.05, 0) is 49.3 Å². The maximum atomic E-state index is 12.1. The van der Waals surface area contributed by atoms with Gasteiger partial charge in [-0.15, -0.1) is 0 Å². The molecule has 3 rings (SSSR count). The molecule has 0 bridgehead atoms. The van der Waals surface area contributed by atoms with E-state index in [1.807, 2.05) is 19.2 Å². The molecule has 2 fully saturated rings. The van der Waals surface area contributed by atoms with Crippen LogP contribution >= 0.6 is 0 Å². The molecule has 2 N–H and O–H groups in total. The Morgan fingerprint density at radius 3 is 2.64 bits per heavy atom. The van der Waals surface area contributed by atoms with Crippen molar-refractivity contribution in [3.63, 3.8) is 0 Å². The molecule has 1 aliphatic carbocycles. The Kier molecular flexibility index (Phi) is 5.95. The SMILES string of the molecule is CN=C(NCc1cccc(NC(=O)C2CCC2)c1)N1CCC(C)CC1. The van der Waals surface area contributed by atoms with E-state index >= 15 is 0 Å².